The molecule has 2 aromatic carbocycles. The zero-order chi connectivity index (χ0) is 22.3. The third-order valence-corrected chi connectivity index (χ3v) is 5.33. The third kappa shape index (κ3) is 5.69. The van der Waals surface area contributed by atoms with Gasteiger partial charge in [-0.2, -0.15) is 0 Å². The summed E-state index contributed by atoms with van der Waals surface area (Å²) in [6.45, 7) is 3.42. The van der Waals surface area contributed by atoms with Crippen LogP contribution in [0.2, 0.25) is 0 Å². The molecule has 6 nitrogen and oxygen atoms in total. The Morgan fingerprint density at radius 2 is 1.00 bits per heavy atom. The van der Waals surface area contributed by atoms with Gasteiger partial charge in [0.05, 0.1) is 24.3 Å². The molecule has 0 saturated carbocycles. The van der Waals surface area contributed by atoms with Crippen molar-refractivity contribution in [1.29, 1.82) is 0 Å². The van der Waals surface area contributed by atoms with Crippen LogP contribution < -0.4 is 0 Å². The molecule has 158 valence electrons. The zero-order valence-electron chi connectivity index (χ0n) is 17.7. The zero-order valence-corrected chi connectivity index (χ0v) is 17.7. The molecule has 0 radical (unpaired) electrons. The van der Waals surface area contributed by atoms with E-state index in [1.807, 2.05) is 36.4 Å². The highest BCUT2D eigenvalue weighted by molar-refractivity contribution is 6.02. The molecule has 0 spiro atoms. The van der Waals surface area contributed by atoms with Gasteiger partial charge in [0.1, 0.15) is 0 Å². The fraction of sp³-hybridized carbons (Fsp3) is 0.333. The first-order valence-corrected chi connectivity index (χ1v) is 9.75. The Labute approximate surface area is 177 Å². The van der Waals surface area contributed by atoms with E-state index in [9.17, 15) is 19.8 Å². The Morgan fingerprint density at radius 3 is 1.30 bits per heavy atom. The second-order valence-electron chi connectivity index (χ2n) is 7.27. The fourth-order valence-electron chi connectivity index (χ4n) is 2.93. The molecular formula is C24H28N2O4. The summed E-state index contributed by atoms with van der Waals surface area (Å²) in [5.74, 6) is 3.53. The highest BCUT2D eigenvalue weighted by atomic mass is 16.3. The van der Waals surface area contributed by atoms with Crippen molar-refractivity contribution < 1.29 is 19.8 Å². The second kappa shape index (κ2) is 10.6. The standard InChI is InChI=1S/C24H28N2O4/c1-17(23(29)19-11-7-5-8-12-19)25(3)21(27)15-16-22(28)26(4)18(2)24(30)20-13-9-6-10-14-20/h5-14,17-18,23-24,29-30H,1-4H3/t17-,18-,23-,24-/m1/s1. The SMILES string of the molecule is C[C@H]([C@@H](O)c1ccccc1)N(C)C(=O)C#CC(=O)N(C)[C@H](C)[C@@H](O)c1ccccc1. The molecule has 0 aliphatic carbocycles. The van der Waals surface area contributed by atoms with Crippen molar-refractivity contribution in [2.75, 3.05) is 14.1 Å². The van der Waals surface area contributed by atoms with E-state index in [4.69, 9.17) is 0 Å². The molecule has 30 heavy (non-hydrogen) atoms. The number of hydrogen-bond acceptors (Lipinski definition) is 4. The number of rotatable bonds is 6. The maximum Gasteiger partial charge on any atom is 0.299 e. The number of carbonyl (C=O) groups is 2. The van der Waals surface area contributed by atoms with Crippen molar-refractivity contribution in [3.8, 4) is 11.8 Å². The van der Waals surface area contributed by atoms with E-state index in [1.54, 1.807) is 38.1 Å². The molecule has 0 aliphatic rings. The van der Waals surface area contributed by atoms with Crippen LogP contribution in [0.4, 0.5) is 0 Å². The van der Waals surface area contributed by atoms with Crippen LogP contribution in [0.3, 0.4) is 0 Å². The van der Waals surface area contributed by atoms with E-state index in [2.05, 4.69) is 11.8 Å². The fourth-order valence-corrected chi connectivity index (χ4v) is 2.93. The first-order valence-electron chi connectivity index (χ1n) is 9.75. The van der Waals surface area contributed by atoms with E-state index >= 15 is 0 Å². The first-order chi connectivity index (χ1) is 14.2. The van der Waals surface area contributed by atoms with Gasteiger partial charge < -0.3 is 20.0 Å². The lowest BCUT2D eigenvalue weighted by atomic mass is 10.0. The van der Waals surface area contributed by atoms with E-state index in [0.717, 1.165) is 0 Å². The van der Waals surface area contributed by atoms with Crippen molar-refractivity contribution in [3.05, 3.63) is 71.8 Å². The molecule has 2 aromatic rings. The molecule has 2 rings (SSSR count). The van der Waals surface area contributed by atoms with Crippen molar-refractivity contribution in [2.45, 2.75) is 38.1 Å². The van der Waals surface area contributed by atoms with Gasteiger partial charge in [-0.3, -0.25) is 9.59 Å². The van der Waals surface area contributed by atoms with Crippen molar-refractivity contribution in [1.82, 2.24) is 9.80 Å². The van der Waals surface area contributed by atoms with Crippen LogP contribution >= 0.6 is 0 Å². The van der Waals surface area contributed by atoms with Gasteiger partial charge in [-0.05, 0) is 25.0 Å². The summed E-state index contributed by atoms with van der Waals surface area (Å²) < 4.78 is 0. The summed E-state index contributed by atoms with van der Waals surface area (Å²) in [5, 5.41) is 20.9. The molecule has 0 saturated heterocycles. The third-order valence-electron chi connectivity index (χ3n) is 5.33. The van der Waals surface area contributed by atoms with Gasteiger partial charge in [0.15, 0.2) is 0 Å². The average Bonchev–Trinajstić information content (AvgIpc) is 2.80. The Hall–Kier alpha value is -3.14. The lowest BCUT2D eigenvalue weighted by Gasteiger charge is -2.28. The summed E-state index contributed by atoms with van der Waals surface area (Å²) in [6.07, 6.45) is -1.75. The summed E-state index contributed by atoms with van der Waals surface area (Å²) in [4.78, 5) is 27.4. The molecule has 0 aliphatic heterocycles. The Morgan fingerprint density at radius 1 is 0.700 bits per heavy atom. The Bertz CT molecular complexity index is 832. The maximum absolute atomic E-state index is 12.4. The monoisotopic (exact) mass is 408 g/mol. The van der Waals surface area contributed by atoms with Crippen LogP contribution in [0.1, 0.15) is 37.2 Å². The summed E-state index contributed by atoms with van der Waals surface area (Å²) in [7, 11) is 3.06. The second-order valence-corrected chi connectivity index (χ2v) is 7.27. The predicted molar refractivity (Wildman–Crippen MR) is 115 cm³/mol. The number of aliphatic hydroxyl groups excluding tert-OH is 2. The molecule has 4 atom stereocenters. The number of carbonyl (C=O) groups excluding carboxylic acids is 2. The lowest BCUT2D eigenvalue weighted by molar-refractivity contribution is -0.129. The number of nitrogens with zero attached hydrogens (tertiary/aromatic N) is 2. The molecule has 0 bridgehead atoms. The Balaban J connectivity index is 2.01. The quantitative estimate of drug-likeness (QED) is 0.718. The van der Waals surface area contributed by atoms with E-state index < -0.39 is 36.1 Å². The van der Waals surface area contributed by atoms with Gasteiger partial charge in [0.25, 0.3) is 11.8 Å². The van der Waals surface area contributed by atoms with E-state index in [0.29, 0.717) is 11.1 Å². The van der Waals surface area contributed by atoms with Crippen LogP contribution in [0.25, 0.3) is 0 Å². The van der Waals surface area contributed by atoms with Gasteiger partial charge in [-0.1, -0.05) is 60.7 Å². The minimum absolute atomic E-state index is 0.527. The summed E-state index contributed by atoms with van der Waals surface area (Å²) >= 11 is 0. The van der Waals surface area contributed by atoms with Crippen LogP contribution in [0.15, 0.2) is 60.7 Å². The van der Waals surface area contributed by atoms with E-state index in [1.165, 1.54) is 23.9 Å². The molecule has 0 fully saturated rings. The van der Waals surface area contributed by atoms with Crippen molar-refractivity contribution in [2.24, 2.45) is 0 Å². The van der Waals surface area contributed by atoms with Gasteiger partial charge in [0, 0.05) is 25.9 Å². The average molecular weight is 408 g/mol. The molecule has 2 amide bonds. The van der Waals surface area contributed by atoms with Gasteiger partial charge >= 0.3 is 0 Å². The maximum atomic E-state index is 12.4. The highest BCUT2D eigenvalue weighted by Gasteiger charge is 2.25. The minimum atomic E-state index is -0.874. The lowest BCUT2D eigenvalue weighted by Crippen LogP contribution is -2.39. The molecule has 2 N–H and O–H groups in total. The number of likely N-dealkylation sites (N-methyl/N-ethyl adjacent to an activating group) is 2. The molecule has 0 unspecified atom stereocenters. The van der Waals surface area contributed by atoms with E-state index in [-0.39, 0.29) is 0 Å². The van der Waals surface area contributed by atoms with Crippen LogP contribution in [0, 0.1) is 11.8 Å². The molecular weight excluding hydrogens is 380 g/mol. The highest BCUT2D eigenvalue weighted by Crippen LogP contribution is 2.21. The van der Waals surface area contributed by atoms with Gasteiger partial charge in [-0.25, -0.2) is 0 Å². The molecule has 0 heterocycles. The van der Waals surface area contributed by atoms with Crippen molar-refractivity contribution >= 4 is 11.8 Å². The van der Waals surface area contributed by atoms with Crippen LogP contribution in [-0.2, 0) is 9.59 Å². The topological polar surface area (TPSA) is 81.1 Å². The number of hydrogen-bond donors (Lipinski definition) is 2. The van der Waals surface area contributed by atoms with Crippen LogP contribution in [0.5, 0.6) is 0 Å². The van der Waals surface area contributed by atoms with Crippen LogP contribution in [-0.4, -0.2) is 58.0 Å². The van der Waals surface area contributed by atoms with Gasteiger partial charge in [-0.15, -0.1) is 0 Å². The summed E-state index contributed by atoms with van der Waals surface area (Å²) in [5.41, 5.74) is 1.38. The normalized spacial score (nSPS) is 14.5. The predicted octanol–water partition coefficient (Wildman–Crippen LogP) is 2.15. The summed E-state index contributed by atoms with van der Waals surface area (Å²) in [6, 6.07) is 17.0. The number of aliphatic hydroxyl groups is 2. The Kier molecular flexibility index (Phi) is 8.16. The number of amides is 2. The first kappa shape index (κ1) is 23.1. The van der Waals surface area contributed by atoms with Crippen molar-refractivity contribution in [3.63, 3.8) is 0 Å². The minimum Gasteiger partial charge on any atom is -0.386 e. The van der Waals surface area contributed by atoms with Gasteiger partial charge in [0.2, 0.25) is 0 Å². The smallest absolute Gasteiger partial charge is 0.299 e. The largest absolute Gasteiger partial charge is 0.386 e. The molecule has 0 aromatic heterocycles. The number of benzene rings is 2. The molecule has 6 heteroatoms.